The minimum absolute atomic E-state index is 0.140. The standard InChI is InChI=1S/C30H36N2O3/c1-24(33)32(21-6-4-9-25-10-8-20-31-23-25)22-7-5-11-30(26-12-16-28(34-2)17-13-26)27-14-18-29(35-3)19-15-27/h8,10-20,23H,4-7,9,21-22H2,1-3H3. The monoisotopic (exact) mass is 472 g/mol. The Balaban J connectivity index is 1.59. The molecule has 0 radical (unpaired) electrons. The van der Waals surface area contributed by atoms with Gasteiger partial charge in [-0.25, -0.2) is 0 Å². The largest absolute Gasteiger partial charge is 0.497 e. The Morgan fingerprint density at radius 2 is 1.46 bits per heavy atom. The Bertz CT molecular complexity index is 1010. The zero-order valence-corrected chi connectivity index (χ0v) is 21.1. The van der Waals surface area contributed by atoms with Crippen LogP contribution in [0.5, 0.6) is 11.5 Å². The lowest BCUT2D eigenvalue weighted by atomic mass is 9.96. The Morgan fingerprint density at radius 3 is 1.97 bits per heavy atom. The van der Waals surface area contributed by atoms with Crippen molar-refractivity contribution >= 4 is 11.5 Å². The van der Waals surface area contributed by atoms with E-state index in [-0.39, 0.29) is 5.91 Å². The first-order chi connectivity index (χ1) is 17.1. The van der Waals surface area contributed by atoms with Crippen LogP contribution in [0.4, 0.5) is 0 Å². The van der Waals surface area contributed by atoms with Crippen molar-refractivity contribution in [3.05, 3.63) is 95.8 Å². The van der Waals surface area contributed by atoms with E-state index in [1.807, 2.05) is 41.4 Å². The summed E-state index contributed by atoms with van der Waals surface area (Å²) in [5.74, 6) is 1.81. The number of amides is 1. The predicted molar refractivity (Wildman–Crippen MR) is 142 cm³/mol. The van der Waals surface area contributed by atoms with Crippen LogP contribution in [0, 0.1) is 0 Å². The molecule has 5 heteroatoms. The summed E-state index contributed by atoms with van der Waals surface area (Å²) in [5, 5.41) is 0. The Labute approximate surface area is 209 Å². The molecule has 0 aliphatic rings. The lowest BCUT2D eigenvalue weighted by Crippen LogP contribution is -2.30. The summed E-state index contributed by atoms with van der Waals surface area (Å²) in [5.41, 5.74) is 4.68. The number of aromatic nitrogens is 1. The summed E-state index contributed by atoms with van der Waals surface area (Å²) in [6, 6.07) is 20.3. The lowest BCUT2D eigenvalue weighted by molar-refractivity contribution is -0.129. The number of carbonyl (C=O) groups excluding carboxylic acids is 1. The van der Waals surface area contributed by atoms with E-state index in [1.165, 1.54) is 11.1 Å². The highest BCUT2D eigenvalue weighted by molar-refractivity contribution is 5.80. The van der Waals surface area contributed by atoms with Crippen LogP contribution in [0.3, 0.4) is 0 Å². The van der Waals surface area contributed by atoms with Crippen LogP contribution >= 0.6 is 0 Å². The number of allylic oxidation sites excluding steroid dienone is 1. The van der Waals surface area contributed by atoms with Crippen LogP contribution in [0.25, 0.3) is 5.57 Å². The first-order valence-electron chi connectivity index (χ1n) is 12.2. The van der Waals surface area contributed by atoms with Gasteiger partial charge in [0.15, 0.2) is 0 Å². The molecule has 0 aliphatic heterocycles. The van der Waals surface area contributed by atoms with E-state index in [0.29, 0.717) is 0 Å². The van der Waals surface area contributed by atoms with Gasteiger partial charge in [-0.2, -0.15) is 0 Å². The predicted octanol–water partition coefficient (Wildman–Crippen LogP) is 6.18. The zero-order valence-electron chi connectivity index (χ0n) is 21.1. The van der Waals surface area contributed by atoms with Gasteiger partial charge in [0, 0.05) is 32.4 Å². The number of carbonyl (C=O) groups is 1. The molecule has 0 saturated carbocycles. The quantitative estimate of drug-likeness (QED) is 0.279. The van der Waals surface area contributed by atoms with Crippen molar-refractivity contribution in [2.45, 2.75) is 39.0 Å². The van der Waals surface area contributed by atoms with Crippen LogP contribution in [0.1, 0.15) is 49.3 Å². The summed E-state index contributed by atoms with van der Waals surface area (Å²) < 4.78 is 10.6. The highest BCUT2D eigenvalue weighted by Crippen LogP contribution is 2.27. The van der Waals surface area contributed by atoms with Crippen molar-refractivity contribution in [3.8, 4) is 11.5 Å². The molecule has 0 atom stereocenters. The molecule has 0 saturated heterocycles. The van der Waals surface area contributed by atoms with Crippen molar-refractivity contribution in [1.29, 1.82) is 0 Å². The maximum Gasteiger partial charge on any atom is 0.219 e. The molecule has 0 aliphatic carbocycles. The molecule has 0 spiro atoms. The van der Waals surface area contributed by atoms with Crippen LogP contribution < -0.4 is 9.47 Å². The fourth-order valence-corrected chi connectivity index (χ4v) is 4.08. The summed E-state index contributed by atoms with van der Waals surface area (Å²) >= 11 is 0. The number of hydrogen-bond acceptors (Lipinski definition) is 4. The molecule has 2 aromatic carbocycles. The van der Waals surface area contributed by atoms with E-state index in [0.717, 1.165) is 67.8 Å². The highest BCUT2D eigenvalue weighted by Gasteiger charge is 2.09. The van der Waals surface area contributed by atoms with Gasteiger partial charge in [0.25, 0.3) is 0 Å². The Morgan fingerprint density at radius 1 is 0.857 bits per heavy atom. The van der Waals surface area contributed by atoms with Gasteiger partial charge in [-0.15, -0.1) is 0 Å². The van der Waals surface area contributed by atoms with Crippen LogP contribution in [0.2, 0.25) is 0 Å². The SMILES string of the molecule is COc1ccc(C(=CCCCN(CCCCc2cccnc2)C(C)=O)c2ccc(OC)cc2)cc1. The van der Waals surface area contributed by atoms with Crippen molar-refractivity contribution in [1.82, 2.24) is 9.88 Å². The van der Waals surface area contributed by atoms with Crippen LogP contribution in [-0.4, -0.2) is 43.1 Å². The first-order valence-corrected chi connectivity index (χ1v) is 12.2. The Hall–Kier alpha value is -3.60. The maximum atomic E-state index is 12.2. The van der Waals surface area contributed by atoms with Gasteiger partial charge >= 0.3 is 0 Å². The third-order valence-corrected chi connectivity index (χ3v) is 6.09. The molecule has 1 aromatic heterocycles. The van der Waals surface area contributed by atoms with E-state index >= 15 is 0 Å². The molecule has 3 rings (SSSR count). The van der Waals surface area contributed by atoms with Gasteiger partial charge in [0.1, 0.15) is 11.5 Å². The molecule has 184 valence electrons. The van der Waals surface area contributed by atoms with Gasteiger partial charge in [-0.05, 0) is 84.7 Å². The second kappa shape index (κ2) is 14.0. The number of aryl methyl sites for hydroxylation is 1. The topological polar surface area (TPSA) is 51.7 Å². The second-order valence-electron chi connectivity index (χ2n) is 8.54. The van der Waals surface area contributed by atoms with E-state index in [1.54, 1.807) is 27.3 Å². The third-order valence-electron chi connectivity index (χ3n) is 6.09. The van der Waals surface area contributed by atoms with Crippen molar-refractivity contribution < 1.29 is 14.3 Å². The van der Waals surface area contributed by atoms with Gasteiger partial charge in [-0.3, -0.25) is 9.78 Å². The van der Waals surface area contributed by atoms with E-state index < -0.39 is 0 Å². The Kier molecular flexibility index (Phi) is 10.4. The van der Waals surface area contributed by atoms with Crippen LogP contribution in [0.15, 0.2) is 79.1 Å². The molecular formula is C30H36N2O3. The maximum absolute atomic E-state index is 12.2. The molecule has 1 heterocycles. The average Bonchev–Trinajstić information content (AvgIpc) is 2.90. The minimum Gasteiger partial charge on any atom is -0.497 e. The van der Waals surface area contributed by atoms with Gasteiger partial charge in [0.05, 0.1) is 14.2 Å². The number of benzene rings is 2. The van der Waals surface area contributed by atoms with E-state index in [4.69, 9.17) is 9.47 Å². The number of ether oxygens (including phenoxy) is 2. The van der Waals surface area contributed by atoms with E-state index in [2.05, 4.69) is 41.4 Å². The summed E-state index contributed by atoms with van der Waals surface area (Å²) in [6.45, 7) is 3.22. The van der Waals surface area contributed by atoms with E-state index in [9.17, 15) is 4.79 Å². The molecule has 0 unspecified atom stereocenters. The summed E-state index contributed by atoms with van der Waals surface area (Å²) in [7, 11) is 3.35. The summed E-state index contributed by atoms with van der Waals surface area (Å²) in [4.78, 5) is 18.3. The smallest absolute Gasteiger partial charge is 0.219 e. The van der Waals surface area contributed by atoms with Gasteiger partial charge in [0.2, 0.25) is 5.91 Å². The second-order valence-corrected chi connectivity index (χ2v) is 8.54. The normalized spacial score (nSPS) is 10.5. The number of pyridine rings is 1. The summed E-state index contributed by atoms with van der Waals surface area (Å²) in [6.07, 6.45) is 10.8. The van der Waals surface area contributed by atoms with Gasteiger partial charge in [-0.1, -0.05) is 36.4 Å². The number of hydrogen-bond donors (Lipinski definition) is 0. The molecule has 0 fully saturated rings. The molecule has 3 aromatic rings. The first kappa shape index (κ1) is 26.0. The lowest BCUT2D eigenvalue weighted by Gasteiger charge is -2.21. The molecule has 1 amide bonds. The van der Waals surface area contributed by atoms with Crippen molar-refractivity contribution in [2.24, 2.45) is 0 Å². The molecule has 5 nitrogen and oxygen atoms in total. The molecule has 0 N–H and O–H groups in total. The molecule has 35 heavy (non-hydrogen) atoms. The minimum atomic E-state index is 0.140. The fraction of sp³-hybridized carbons (Fsp3) is 0.333. The molecule has 0 bridgehead atoms. The third kappa shape index (κ3) is 8.29. The fourth-order valence-electron chi connectivity index (χ4n) is 4.08. The number of unbranched alkanes of at least 4 members (excludes halogenated alkanes) is 2. The van der Waals surface area contributed by atoms with Crippen LogP contribution in [-0.2, 0) is 11.2 Å². The number of rotatable bonds is 13. The number of nitrogens with zero attached hydrogens (tertiary/aromatic N) is 2. The number of methoxy groups -OCH3 is 2. The zero-order chi connectivity index (χ0) is 24.9. The highest BCUT2D eigenvalue weighted by atomic mass is 16.5. The van der Waals surface area contributed by atoms with Crippen molar-refractivity contribution in [2.75, 3.05) is 27.3 Å². The van der Waals surface area contributed by atoms with Crippen molar-refractivity contribution in [3.63, 3.8) is 0 Å². The molecular weight excluding hydrogens is 436 g/mol. The average molecular weight is 473 g/mol. The van der Waals surface area contributed by atoms with Gasteiger partial charge < -0.3 is 14.4 Å².